The van der Waals surface area contributed by atoms with Crippen molar-refractivity contribution in [1.82, 2.24) is 5.32 Å². The Morgan fingerprint density at radius 3 is 2.09 bits per heavy atom. The van der Waals surface area contributed by atoms with Crippen molar-refractivity contribution in [3.05, 3.63) is 35.4 Å². The topological polar surface area (TPSA) is 72.5 Å². The van der Waals surface area contributed by atoms with Gasteiger partial charge in [0.25, 0.3) is 5.91 Å². The first-order chi connectivity index (χ1) is 16.1. The molecule has 0 heterocycles. The van der Waals surface area contributed by atoms with E-state index in [4.69, 9.17) is 4.74 Å². The molecule has 1 N–H and O–H groups in total. The van der Waals surface area contributed by atoms with E-state index >= 15 is 0 Å². The van der Waals surface area contributed by atoms with Gasteiger partial charge in [0.2, 0.25) is 0 Å². The molecule has 5 nitrogen and oxygen atoms in total. The molecule has 34 heavy (non-hydrogen) atoms. The van der Waals surface area contributed by atoms with Crippen LogP contribution in [0.1, 0.15) is 81.6 Å². The molecule has 4 aliphatic carbocycles. The lowest BCUT2D eigenvalue weighted by molar-refractivity contribution is -0.158. The van der Waals surface area contributed by atoms with Gasteiger partial charge in [-0.1, -0.05) is 32.9 Å². The number of benzene rings is 1. The fourth-order valence-electron chi connectivity index (χ4n) is 6.69. The fraction of sp³-hybridized carbons (Fsp3) is 0.679. The minimum Gasteiger partial charge on any atom is -0.456 e. The Balaban J connectivity index is 1.36. The van der Waals surface area contributed by atoms with Crippen LogP contribution in [0.15, 0.2) is 24.3 Å². The zero-order valence-electron chi connectivity index (χ0n) is 21.0. The summed E-state index contributed by atoms with van der Waals surface area (Å²) in [5.74, 6) is 2.01. The van der Waals surface area contributed by atoms with Gasteiger partial charge in [-0.3, -0.25) is 9.59 Å². The number of nitrogens with one attached hydrogen (secondary N) is 1. The second kappa shape index (κ2) is 10.0. The van der Waals surface area contributed by atoms with Crippen molar-refractivity contribution < 1.29 is 19.1 Å². The predicted molar refractivity (Wildman–Crippen MR) is 136 cm³/mol. The number of thioether (sulfide) groups is 1. The third-order valence-electron chi connectivity index (χ3n) is 8.19. The lowest BCUT2D eigenvalue weighted by Gasteiger charge is -2.55. The normalized spacial score (nSPS) is 28.4. The molecule has 1 amide bonds. The summed E-state index contributed by atoms with van der Waals surface area (Å²) in [7, 11) is 0. The number of carbonyl (C=O) groups excluding carboxylic acids is 3. The van der Waals surface area contributed by atoms with Crippen molar-refractivity contribution >= 4 is 29.4 Å². The molecule has 4 fully saturated rings. The molecule has 5 rings (SSSR count). The third-order valence-corrected chi connectivity index (χ3v) is 8.83. The van der Waals surface area contributed by atoms with Crippen LogP contribution < -0.4 is 5.32 Å². The highest BCUT2D eigenvalue weighted by Gasteiger charge is 2.54. The zero-order chi connectivity index (χ0) is 24.5. The molecule has 0 saturated heterocycles. The van der Waals surface area contributed by atoms with Crippen molar-refractivity contribution in [2.45, 2.75) is 77.2 Å². The van der Waals surface area contributed by atoms with Gasteiger partial charge >= 0.3 is 5.97 Å². The first kappa shape index (κ1) is 25.3. The highest BCUT2D eigenvalue weighted by molar-refractivity contribution is 7.98. The molecule has 1 aromatic carbocycles. The average Bonchev–Trinajstić information content (AvgIpc) is 2.78. The molecule has 0 aromatic heterocycles. The molecule has 1 atom stereocenters. The summed E-state index contributed by atoms with van der Waals surface area (Å²) in [6.45, 7) is 6.21. The summed E-state index contributed by atoms with van der Waals surface area (Å²) >= 11 is 1.61. The van der Waals surface area contributed by atoms with E-state index in [1.165, 1.54) is 19.3 Å². The van der Waals surface area contributed by atoms with Crippen LogP contribution in [0.4, 0.5) is 0 Å². The second-order valence-corrected chi connectivity index (χ2v) is 12.8. The Labute approximate surface area is 208 Å². The first-order valence-electron chi connectivity index (χ1n) is 12.7. The Morgan fingerprint density at radius 1 is 1.03 bits per heavy atom. The highest BCUT2D eigenvalue weighted by Crippen LogP contribution is 2.60. The number of carbonyl (C=O) groups is 3. The number of ketones is 1. The Bertz CT molecular complexity index is 882. The van der Waals surface area contributed by atoms with Crippen molar-refractivity contribution in [3.8, 4) is 0 Å². The number of esters is 1. The molecule has 0 radical (unpaired) electrons. The van der Waals surface area contributed by atoms with Crippen molar-refractivity contribution in [2.75, 3.05) is 18.6 Å². The Hall–Kier alpha value is -1.82. The number of hydrogen-bond donors (Lipinski definition) is 1. The van der Waals surface area contributed by atoms with Crippen molar-refractivity contribution in [1.29, 1.82) is 0 Å². The molecule has 6 heteroatoms. The lowest BCUT2D eigenvalue weighted by Crippen LogP contribution is -2.51. The maximum absolute atomic E-state index is 13.2. The number of ether oxygens (including phenoxy) is 1. The standard InChI is InChI=1S/C28H39NO4S/c1-27(2,3)22-7-5-21(6-8-22)25(31)29-23(9-10-34-4)26(32)33-17-24(30)28-14-18-11-19(15-28)13-20(12-18)16-28/h5-8,18-20,23H,9-17H2,1-4H3,(H,29,31). The summed E-state index contributed by atoms with van der Waals surface area (Å²) in [5, 5.41) is 2.85. The molecular weight excluding hydrogens is 446 g/mol. The van der Waals surface area contributed by atoms with Crippen LogP contribution in [0.2, 0.25) is 0 Å². The van der Waals surface area contributed by atoms with E-state index in [0.717, 1.165) is 24.8 Å². The van der Waals surface area contributed by atoms with Gasteiger partial charge in [-0.15, -0.1) is 0 Å². The molecule has 1 unspecified atom stereocenters. The monoisotopic (exact) mass is 485 g/mol. The highest BCUT2D eigenvalue weighted by atomic mass is 32.2. The van der Waals surface area contributed by atoms with Gasteiger partial charge in [0.1, 0.15) is 6.04 Å². The van der Waals surface area contributed by atoms with E-state index in [2.05, 4.69) is 26.1 Å². The van der Waals surface area contributed by atoms with Crippen molar-refractivity contribution in [2.24, 2.45) is 23.2 Å². The van der Waals surface area contributed by atoms with E-state index < -0.39 is 12.0 Å². The largest absolute Gasteiger partial charge is 0.456 e. The van der Waals surface area contributed by atoms with E-state index in [1.54, 1.807) is 23.9 Å². The molecular formula is C28H39NO4S. The molecule has 0 spiro atoms. The second-order valence-electron chi connectivity index (χ2n) is 11.9. The van der Waals surface area contributed by atoms with Gasteiger partial charge in [0, 0.05) is 11.0 Å². The molecule has 4 aliphatic rings. The van der Waals surface area contributed by atoms with E-state index in [1.807, 2.05) is 18.4 Å². The van der Waals surface area contributed by atoms with Gasteiger partial charge < -0.3 is 10.1 Å². The molecule has 1 aromatic rings. The molecule has 4 saturated carbocycles. The smallest absolute Gasteiger partial charge is 0.329 e. The van der Waals surface area contributed by atoms with Crippen LogP contribution in [0.3, 0.4) is 0 Å². The van der Waals surface area contributed by atoms with Crippen LogP contribution in [0.25, 0.3) is 0 Å². The minimum absolute atomic E-state index is 0.00291. The summed E-state index contributed by atoms with van der Waals surface area (Å²) in [6.07, 6.45) is 9.14. The third kappa shape index (κ3) is 5.53. The summed E-state index contributed by atoms with van der Waals surface area (Å²) < 4.78 is 5.54. The van der Waals surface area contributed by atoms with Crippen LogP contribution in [0.5, 0.6) is 0 Å². The summed E-state index contributed by atoms with van der Waals surface area (Å²) in [4.78, 5) is 39.0. The van der Waals surface area contributed by atoms with Crippen LogP contribution in [-0.2, 0) is 19.7 Å². The quantitative estimate of drug-likeness (QED) is 0.489. The zero-order valence-corrected chi connectivity index (χ0v) is 21.8. The maximum Gasteiger partial charge on any atom is 0.329 e. The minimum atomic E-state index is -0.758. The Kier molecular flexibility index (Phi) is 7.47. The number of rotatable bonds is 9. The van der Waals surface area contributed by atoms with Gasteiger partial charge in [-0.05, 0) is 97.8 Å². The molecule has 4 bridgehead atoms. The number of Topliss-reactive ketones (excluding diaryl/α,β-unsaturated/α-hetero) is 1. The van der Waals surface area contributed by atoms with Gasteiger partial charge in [0.15, 0.2) is 12.4 Å². The average molecular weight is 486 g/mol. The fourth-order valence-corrected chi connectivity index (χ4v) is 7.16. The van der Waals surface area contributed by atoms with E-state index in [-0.39, 0.29) is 29.1 Å². The van der Waals surface area contributed by atoms with Gasteiger partial charge in [-0.2, -0.15) is 11.8 Å². The van der Waals surface area contributed by atoms with E-state index in [9.17, 15) is 14.4 Å². The van der Waals surface area contributed by atoms with Crippen LogP contribution >= 0.6 is 11.8 Å². The van der Waals surface area contributed by atoms with Crippen molar-refractivity contribution in [3.63, 3.8) is 0 Å². The van der Waals surface area contributed by atoms with E-state index in [0.29, 0.717) is 35.5 Å². The van der Waals surface area contributed by atoms with Crippen LogP contribution in [-0.4, -0.2) is 42.3 Å². The number of amides is 1. The van der Waals surface area contributed by atoms with Gasteiger partial charge in [-0.25, -0.2) is 4.79 Å². The summed E-state index contributed by atoms with van der Waals surface area (Å²) in [6, 6.07) is 6.74. The Morgan fingerprint density at radius 2 is 1.59 bits per heavy atom. The number of hydrogen-bond acceptors (Lipinski definition) is 5. The first-order valence-corrected chi connectivity index (χ1v) is 14.1. The lowest BCUT2D eigenvalue weighted by atomic mass is 9.48. The predicted octanol–water partition coefficient (Wildman–Crippen LogP) is 5.16. The maximum atomic E-state index is 13.2. The van der Waals surface area contributed by atoms with Crippen LogP contribution in [0, 0.1) is 23.2 Å². The SMILES string of the molecule is CSCCC(NC(=O)c1ccc(C(C)(C)C)cc1)C(=O)OCC(=O)C12CC3CC(CC(C3)C1)C2. The van der Waals surface area contributed by atoms with Gasteiger partial charge in [0.05, 0.1) is 0 Å². The molecule has 186 valence electrons. The molecule has 0 aliphatic heterocycles. The summed E-state index contributed by atoms with van der Waals surface area (Å²) in [5.41, 5.74) is 1.38.